The number of furan rings is 1. The van der Waals surface area contributed by atoms with E-state index in [4.69, 9.17) is 14.1 Å². The number of anilines is 1. The molecular formula is C22H34IN5O3. The van der Waals surface area contributed by atoms with Crippen molar-refractivity contribution < 1.29 is 14.3 Å². The zero-order valence-corrected chi connectivity index (χ0v) is 21.1. The highest BCUT2D eigenvalue weighted by atomic mass is 127. The lowest BCUT2D eigenvalue weighted by atomic mass is 9.96. The van der Waals surface area contributed by atoms with Gasteiger partial charge < -0.3 is 29.8 Å². The molecule has 2 aromatic rings. The summed E-state index contributed by atoms with van der Waals surface area (Å²) in [5.41, 5.74) is 0.764. The third kappa shape index (κ3) is 6.81. The highest BCUT2D eigenvalue weighted by Gasteiger charge is 2.28. The molecule has 31 heavy (non-hydrogen) atoms. The molecule has 3 rings (SSSR count). The number of aliphatic hydroxyl groups is 1. The summed E-state index contributed by atoms with van der Waals surface area (Å²) in [7, 11) is 0. The number of pyridine rings is 1. The first-order valence-corrected chi connectivity index (χ1v) is 10.5. The lowest BCUT2D eigenvalue weighted by molar-refractivity contribution is 0.0601. The van der Waals surface area contributed by atoms with E-state index in [1.807, 2.05) is 39.1 Å². The molecular weight excluding hydrogens is 509 g/mol. The Hall–Kier alpha value is -1.85. The number of aromatic nitrogens is 1. The average Bonchev–Trinajstić information content (AvgIpc) is 3.10. The molecule has 9 heteroatoms. The minimum absolute atomic E-state index is 0. The van der Waals surface area contributed by atoms with Crippen LogP contribution in [-0.4, -0.2) is 55.4 Å². The molecule has 1 fully saturated rings. The number of nitrogens with zero attached hydrogens (tertiary/aromatic N) is 3. The zero-order chi connectivity index (χ0) is 21.6. The van der Waals surface area contributed by atoms with Gasteiger partial charge in [-0.3, -0.25) is 0 Å². The monoisotopic (exact) mass is 543 g/mol. The largest absolute Gasteiger partial charge is 0.466 e. The van der Waals surface area contributed by atoms with Crippen molar-refractivity contribution in [1.29, 1.82) is 0 Å². The van der Waals surface area contributed by atoms with Gasteiger partial charge in [-0.2, -0.15) is 0 Å². The first kappa shape index (κ1) is 25.4. The number of aliphatic imine (C=N–C) groups is 1. The number of halogens is 1. The number of morpholine rings is 1. The summed E-state index contributed by atoms with van der Waals surface area (Å²) in [6.45, 7) is 12.1. The first-order valence-electron chi connectivity index (χ1n) is 10.5. The molecule has 0 radical (unpaired) electrons. The van der Waals surface area contributed by atoms with Crippen molar-refractivity contribution in [2.24, 2.45) is 4.99 Å². The van der Waals surface area contributed by atoms with Gasteiger partial charge in [-0.1, -0.05) is 6.07 Å². The highest BCUT2D eigenvalue weighted by molar-refractivity contribution is 14.0. The molecule has 0 aromatic carbocycles. The molecule has 1 aliphatic heterocycles. The van der Waals surface area contributed by atoms with Crippen LogP contribution in [-0.2, 0) is 16.9 Å². The molecule has 1 unspecified atom stereocenters. The Morgan fingerprint density at radius 2 is 2.03 bits per heavy atom. The molecule has 2 aromatic heterocycles. The van der Waals surface area contributed by atoms with Crippen molar-refractivity contribution in [2.45, 2.75) is 39.8 Å². The number of aryl methyl sites for hydroxylation is 2. The number of guanidine groups is 1. The van der Waals surface area contributed by atoms with Gasteiger partial charge in [0.15, 0.2) is 5.96 Å². The molecule has 0 bridgehead atoms. The predicted molar refractivity (Wildman–Crippen MR) is 133 cm³/mol. The van der Waals surface area contributed by atoms with E-state index in [2.05, 4.69) is 26.6 Å². The second kappa shape index (κ2) is 11.7. The summed E-state index contributed by atoms with van der Waals surface area (Å²) < 4.78 is 11.0. The molecule has 1 atom stereocenters. The lowest BCUT2D eigenvalue weighted by Gasteiger charge is -2.29. The third-order valence-electron chi connectivity index (χ3n) is 5.15. The van der Waals surface area contributed by atoms with Crippen molar-refractivity contribution in [2.75, 3.05) is 44.3 Å². The molecule has 0 spiro atoms. The topological polar surface area (TPSA) is 95.2 Å². The van der Waals surface area contributed by atoms with E-state index in [1.54, 1.807) is 6.92 Å². The van der Waals surface area contributed by atoms with Crippen LogP contribution in [0.15, 0.2) is 33.8 Å². The molecule has 1 saturated heterocycles. The molecule has 0 aliphatic carbocycles. The first-order chi connectivity index (χ1) is 14.4. The smallest absolute Gasteiger partial charge is 0.191 e. The van der Waals surface area contributed by atoms with E-state index < -0.39 is 5.60 Å². The van der Waals surface area contributed by atoms with Gasteiger partial charge in [0.25, 0.3) is 0 Å². The maximum Gasteiger partial charge on any atom is 0.191 e. The number of rotatable bonds is 7. The predicted octanol–water partition coefficient (Wildman–Crippen LogP) is 2.71. The van der Waals surface area contributed by atoms with Crippen LogP contribution in [0.3, 0.4) is 0 Å². The Labute approximate surface area is 201 Å². The standard InChI is InChI=1S/C22H33N5O3.HI/c1-5-23-21(26-15-22(4,28)19-13-16(2)30-17(19)3)25-14-18-7-6-8-24-20(18)27-9-11-29-12-10-27;/h6-8,13,28H,5,9-12,14-15H2,1-4H3,(H2,23,25,26);1H. The van der Waals surface area contributed by atoms with E-state index in [-0.39, 0.29) is 24.0 Å². The van der Waals surface area contributed by atoms with Crippen molar-refractivity contribution >= 4 is 35.8 Å². The third-order valence-corrected chi connectivity index (χ3v) is 5.15. The summed E-state index contributed by atoms with van der Waals surface area (Å²) in [5.74, 6) is 3.12. The van der Waals surface area contributed by atoms with Gasteiger partial charge in [0.05, 0.1) is 26.3 Å². The number of nitrogens with one attached hydrogen (secondary N) is 2. The summed E-state index contributed by atoms with van der Waals surface area (Å²) in [5, 5.41) is 17.5. The van der Waals surface area contributed by atoms with Gasteiger partial charge in [-0.15, -0.1) is 24.0 Å². The molecule has 1 aliphatic rings. The van der Waals surface area contributed by atoms with E-state index in [0.29, 0.717) is 32.3 Å². The van der Waals surface area contributed by atoms with E-state index >= 15 is 0 Å². The number of ether oxygens (including phenoxy) is 1. The molecule has 3 N–H and O–H groups in total. The average molecular weight is 543 g/mol. The Kier molecular flexibility index (Phi) is 9.57. The van der Waals surface area contributed by atoms with Crippen LogP contribution < -0.4 is 15.5 Å². The van der Waals surface area contributed by atoms with Gasteiger partial charge in [0.1, 0.15) is 22.9 Å². The summed E-state index contributed by atoms with van der Waals surface area (Å²) in [6.07, 6.45) is 1.81. The van der Waals surface area contributed by atoms with Gasteiger partial charge in [-0.25, -0.2) is 9.98 Å². The van der Waals surface area contributed by atoms with Crippen molar-refractivity contribution in [1.82, 2.24) is 15.6 Å². The highest BCUT2D eigenvalue weighted by Crippen LogP contribution is 2.26. The quantitative estimate of drug-likeness (QED) is 0.281. The maximum absolute atomic E-state index is 11.0. The summed E-state index contributed by atoms with van der Waals surface area (Å²) >= 11 is 0. The van der Waals surface area contributed by atoms with Crippen LogP contribution in [0, 0.1) is 13.8 Å². The minimum Gasteiger partial charge on any atom is -0.466 e. The van der Waals surface area contributed by atoms with Gasteiger partial charge in [0, 0.05) is 37.0 Å². The van der Waals surface area contributed by atoms with Crippen molar-refractivity contribution in [3.05, 3.63) is 47.0 Å². The van der Waals surface area contributed by atoms with Gasteiger partial charge in [0.2, 0.25) is 0 Å². The molecule has 0 amide bonds. The number of hydrogen-bond acceptors (Lipinski definition) is 6. The van der Waals surface area contributed by atoms with Gasteiger partial charge >= 0.3 is 0 Å². The molecule has 172 valence electrons. The fourth-order valence-corrected chi connectivity index (χ4v) is 3.64. The van der Waals surface area contributed by atoms with Crippen LogP contribution in [0.1, 0.15) is 36.5 Å². The van der Waals surface area contributed by atoms with Crippen LogP contribution in [0.2, 0.25) is 0 Å². The second-order valence-electron chi connectivity index (χ2n) is 7.74. The van der Waals surface area contributed by atoms with Crippen LogP contribution in [0.4, 0.5) is 5.82 Å². The molecule has 3 heterocycles. The maximum atomic E-state index is 11.0. The van der Waals surface area contributed by atoms with E-state index in [9.17, 15) is 5.11 Å². The van der Waals surface area contributed by atoms with E-state index in [1.165, 1.54) is 0 Å². The molecule has 0 saturated carbocycles. The fourth-order valence-electron chi connectivity index (χ4n) is 3.64. The Morgan fingerprint density at radius 1 is 1.29 bits per heavy atom. The summed E-state index contributed by atoms with van der Waals surface area (Å²) in [6, 6.07) is 5.87. The lowest BCUT2D eigenvalue weighted by Crippen LogP contribution is -2.44. The Balaban J connectivity index is 0.00000341. The van der Waals surface area contributed by atoms with Crippen LogP contribution >= 0.6 is 24.0 Å². The fraction of sp³-hybridized carbons (Fsp3) is 0.545. The van der Waals surface area contributed by atoms with Gasteiger partial charge in [-0.05, 0) is 39.8 Å². The van der Waals surface area contributed by atoms with Crippen molar-refractivity contribution in [3.8, 4) is 0 Å². The van der Waals surface area contributed by atoms with E-state index in [0.717, 1.165) is 48.1 Å². The van der Waals surface area contributed by atoms with Crippen LogP contribution in [0.5, 0.6) is 0 Å². The summed E-state index contributed by atoms with van der Waals surface area (Å²) in [4.78, 5) is 11.5. The van der Waals surface area contributed by atoms with Crippen LogP contribution in [0.25, 0.3) is 0 Å². The minimum atomic E-state index is -1.08. The SMILES string of the molecule is CCNC(=NCc1cccnc1N1CCOCC1)NCC(C)(O)c1cc(C)oc1C.I. The molecule has 8 nitrogen and oxygen atoms in total. The number of hydrogen-bond donors (Lipinski definition) is 3. The second-order valence-corrected chi connectivity index (χ2v) is 7.74. The Morgan fingerprint density at radius 3 is 2.68 bits per heavy atom. The Bertz CT molecular complexity index is 863. The zero-order valence-electron chi connectivity index (χ0n) is 18.8. The van der Waals surface area contributed by atoms with Crippen molar-refractivity contribution in [3.63, 3.8) is 0 Å². The normalized spacial score (nSPS) is 16.4.